The molecular formula is C38H33Cl2FN2O7. The molecule has 2 aliphatic heterocycles. The Labute approximate surface area is 297 Å². The smallest absolute Gasteiger partial charge is 0.241 e. The lowest BCUT2D eigenvalue weighted by atomic mass is 9.52. The summed E-state index contributed by atoms with van der Waals surface area (Å²) in [5.41, 5.74) is 1.38. The molecule has 2 aliphatic carbocycles. The normalized spacial score (nSPS) is 27.4. The summed E-state index contributed by atoms with van der Waals surface area (Å²) in [6.07, 6.45) is 5.92. The first-order valence-electron chi connectivity index (χ1n) is 16.1. The highest BCUT2D eigenvalue weighted by molar-refractivity contribution is 6.32. The number of hydrogen-bond donors (Lipinski definition) is 1. The van der Waals surface area contributed by atoms with Gasteiger partial charge in [0, 0.05) is 10.9 Å². The number of methoxy groups -OCH3 is 2. The largest absolute Gasteiger partial charge is 0.502 e. The third-order valence-electron chi connectivity index (χ3n) is 10.9. The summed E-state index contributed by atoms with van der Waals surface area (Å²) in [6.45, 7) is 3.57. The number of nitrogens with zero attached hydrogens (tertiary/aromatic N) is 2. The minimum absolute atomic E-state index is 0.141. The van der Waals surface area contributed by atoms with Gasteiger partial charge in [0.2, 0.25) is 29.4 Å². The number of aromatic hydroxyl groups is 1. The molecule has 0 aromatic heterocycles. The number of carbonyl (C=O) groups excluding carboxylic acids is 4. The number of ether oxygens (including phenoxy) is 2. The van der Waals surface area contributed by atoms with Crippen LogP contribution in [0.15, 0.2) is 66.3 Å². The molecule has 50 heavy (non-hydrogen) atoms. The van der Waals surface area contributed by atoms with E-state index in [0.29, 0.717) is 16.3 Å². The van der Waals surface area contributed by atoms with Crippen molar-refractivity contribution in [1.29, 1.82) is 0 Å². The van der Waals surface area contributed by atoms with Gasteiger partial charge in [-0.25, -0.2) is 14.2 Å². The average molecular weight is 720 g/mol. The van der Waals surface area contributed by atoms with E-state index in [1.54, 1.807) is 43.3 Å². The van der Waals surface area contributed by atoms with E-state index < -0.39 is 52.6 Å². The molecule has 258 valence electrons. The monoisotopic (exact) mass is 718 g/mol. The van der Waals surface area contributed by atoms with Crippen LogP contribution in [0, 0.1) is 47.7 Å². The topological polar surface area (TPSA) is 113 Å². The number of anilines is 2. The Bertz CT molecular complexity index is 2040. The van der Waals surface area contributed by atoms with Gasteiger partial charge in [0.1, 0.15) is 5.82 Å². The van der Waals surface area contributed by atoms with Gasteiger partial charge in [-0.3, -0.25) is 19.2 Å². The number of imide groups is 2. The van der Waals surface area contributed by atoms with E-state index in [9.17, 15) is 28.7 Å². The Morgan fingerprint density at radius 2 is 1.52 bits per heavy atom. The van der Waals surface area contributed by atoms with Crippen LogP contribution in [-0.2, 0) is 19.2 Å². The fourth-order valence-electron chi connectivity index (χ4n) is 8.28. The predicted octanol–water partition coefficient (Wildman–Crippen LogP) is 7.14. The molecule has 2 saturated heterocycles. The highest BCUT2D eigenvalue weighted by Crippen LogP contribution is 2.61. The molecule has 0 radical (unpaired) electrons. The van der Waals surface area contributed by atoms with Crippen molar-refractivity contribution < 1.29 is 38.1 Å². The summed E-state index contributed by atoms with van der Waals surface area (Å²) in [7, 11) is 2.82. The summed E-state index contributed by atoms with van der Waals surface area (Å²) >= 11 is 12.5. The van der Waals surface area contributed by atoms with E-state index in [1.807, 2.05) is 19.1 Å². The van der Waals surface area contributed by atoms with Crippen molar-refractivity contribution in [3.05, 3.63) is 93.2 Å². The first kappa shape index (κ1) is 33.8. The molecule has 2 heterocycles. The van der Waals surface area contributed by atoms with Crippen molar-refractivity contribution in [2.24, 2.45) is 35.0 Å². The molecular weight excluding hydrogens is 686 g/mol. The molecule has 3 aromatic rings. The van der Waals surface area contributed by atoms with Gasteiger partial charge in [0.05, 0.1) is 53.8 Å². The van der Waals surface area contributed by atoms with Crippen molar-refractivity contribution in [3.8, 4) is 17.2 Å². The molecule has 7 rings (SSSR count). The number of aryl methyl sites for hydroxylation is 1. The van der Waals surface area contributed by atoms with Crippen LogP contribution in [0.2, 0.25) is 10.0 Å². The van der Waals surface area contributed by atoms with E-state index in [4.69, 9.17) is 32.7 Å². The number of phenols is 1. The fourth-order valence-corrected chi connectivity index (χ4v) is 8.63. The SMILES string of the molecule is COc1cc(C=CC2C3=CCC4C(=O)N(c5ccc(C)c(Cl)c5)C(=O)C4C3CC3C(=O)N(c4ccc(F)c(Cl)c4)C(=O)C23C)cc(OC)c1O. The Hall–Kier alpha value is -4.67. The van der Waals surface area contributed by atoms with Crippen LogP contribution in [0.25, 0.3) is 6.08 Å². The van der Waals surface area contributed by atoms with Gasteiger partial charge < -0.3 is 14.6 Å². The fraction of sp³-hybridized carbons (Fsp3) is 0.316. The molecule has 3 aromatic carbocycles. The van der Waals surface area contributed by atoms with Crippen molar-refractivity contribution in [2.75, 3.05) is 24.0 Å². The summed E-state index contributed by atoms with van der Waals surface area (Å²) < 4.78 is 24.8. The summed E-state index contributed by atoms with van der Waals surface area (Å²) in [6, 6.07) is 12.0. The maximum atomic E-state index is 14.5. The number of benzene rings is 3. The number of rotatable bonds is 6. The standard InChI is InChI=1S/C38H33Cl2FN2O7/c1-18-5-7-20(15-27(18)39)42-34(45)23-10-9-22-24(32(23)36(42)47)17-26-35(46)43(21-8-12-29(41)28(40)16-21)37(48)38(26,2)25(22)11-6-19-13-30(49-3)33(44)31(14-19)50-4/h5-9,11-16,23-26,32,44H,10,17H2,1-4H3. The number of allylic oxidation sites excluding steroid dienone is 3. The average Bonchev–Trinajstić information content (AvgIpc) is 3.46. The maximum Gasteiger partial charge on any atom is 0.241 e. The second-order valence-electron chi connectivity index (χ2n) is 13.4. The van der Waals surface area contributed by atoms with E-state index in [0.717, 1.165) is 22.1 Å². The molecule has 1 saturated carbocycles. The Morgan fingerprint density at radius 1 is 0.880 bits per heavy atom. The van der Waals surface area contributed by atoms with Gasteiger partial charge >= 0.3 is 0 Å². The van der Waals surface area contributed by atoms with Crippen molar-refractivity contribution in [3.63, 3.8) is 0 Å². The van der Waals surface area contributed by atoms with E-state index in [2.05, 4.69) is 0 Å². The lowest BCUT2D eigenvalue weighted by Crippen LogP contribution is -2.49. The van der Waals surface area contributed by atoms with Crippen LogP contribution in [0.1, 0.15) is 30.9 Å². The molecule has 4 amide bonds. The minimum atomic E-state index is -1.31. The van der Waals surface area contributed by atoms with E-state index in [-0.39, 0.29) is 52.6 Å². The molecule has 0 spiro atoms. The molecule has 9 nitrogen and oxygen atoms in total. The Morgan fingerprint density at radius 3 is 2.16 bits per heavy atom. The molecule has 6 unspecified atom stereocenters. The Kier molecular flexibility index (Phi) is 8.30. The zero-order chi connectivity index (χ0) is 35.8. The number of fused-ring (bicyclic) bond motifs is 4. The first-order valence-corrected chi connectivity index (χ1v) is 16.9. The first-order chi connectivity index (χ1) is 23.8. The van der Waals surface area contributed by atoms with Gasteiger partial charge in [0.25, 0.3) is 0 Å². The van der Waals surface area contributed by atoms with Crippen LogP contribution in [0.3, 0.4) is 0 Å². The molecule has 12 heteroatoms. The lowest BCUT2D eigenvalue weighted by Gasteiger charge is -2.47. The predicted molar refractivity (Wildman–Crippen MR) is 186 cm³/mol. The lowest BCUT2D eigenvalue weighted by molar-refractivity contribution is -0.132. The number of phenolic OH excluding ortho intramolecular Hbond substituents is 1. The molecule has 4 aliphatic rings. The number of amides is 4. The number of carbonyl (C=O) groups is 4. The van der Waals surface area contributed by atoms with Crippen LogP contribution >= 0.6 is 23.2 Å². The minimum Gasteiger partial charge on any atom is -0.502 e. The third kappa shape index (κ3) is 4.94. The molecule has 3 fully saturated rings. The summed E-state index contributed by atoms with van der Waals surface area (Å²) in [5, 5.41) is 10.7. The number of halogens is 3. The zero-order valence-electron chi connectivity index (χ0n) is 27.6. The molecule has 1 N–H and O–H groups in total. The van der Waals surface area contributed by atoms with Crippen molar-refractivity contribution >= 4 is 64.3 Å². The van der Waals surface area contributed by atoms with Gasteiger partial charge in [-0.05, 0) is 86.2 Å². The molecule has 6 atom stereocenters. The highest BCUT2D eigenvalue weighted by Gasteiger charge is 2.67. The van der Waals surface area contributed by atoms with Gasteiger partial charge in [-0.2, -0.15) is 0 Å². The van der Waals surface area contributed by atoms with E-state index >= 15 is 0 Å². The maximum absolute atomic E-state index is 14.5. The van der Waals surface area contributed by atoms with Crippen LogP contribution < -0.4 is 19.3 Å². The summed E-state index contributed by atoms with van der Waals surface area (Å²) in [5.74, 6) is -5.76. The number of hydrogen-bond acceptors (Lipinski definition) is 7. The van der Waals surface area contributed by atoms with Gasteiger partial charge in [0.15, 0.2) is 11.5 Å². The van der Waals surface area contributed by atoms with E-state index in [1.165, 1.54) is 31.3 Å². The third-order valence-corrected chi connectivity index (χ3v) is 11.6. The zero-order valence-corrected chi connectivity index (χ0v) is 29.1. The van der Waals surface area contributed by atoms with Gasteiger partial charge in [-0.15, -0.1) is 0 Å². The molecule has 0 bridgehead atoms. The summed E-state index contributed by atoms with van der Waals surface area (Å²) in [4.78, 5) is 59.3. The van der Waals surface area contributed by atoms with Crippen molar-refractivity contribution in [2.45, 2.75) is 26.7 Å². The van der Waals surface area contributed by atoms with Crippen LogP contribution in [0.4, 0.5) is 15.8 Å². The Balaban J connectivity index is 1.34. The highest BCUT2D eigenvalue weighted by atomic mass is 35.5. The van der Waals surface area contributed by atoms with Crippen molar-refractivity contribution in [1.82, 2.24) is 0 Å². The second-order valence-corrected chi connectivity index (χ2v) is 14.2. The quantitative estimate of drug-likeness (QED) is 0.213. The second kappa shape index (κ2) is 12.3. The van der Waals surface area contributed by atoms with Crippen LogP contribution in [-0.4, -0.2) is 43.0 Å². The van der Waals surface area contributed by atoms with Gasteiger partial charge in [-0.1, -0.05) is 53.1 Å². The van der Waals surface area contributed by atoms with Crippen LogP contribution in [0.5, 0.6) is 17.2 Å².